The maximum atomic E-state index is 13.4. The van der Waals surface area contributed by atoms with E-state index in [0.29, 0.717) is 18.0 Å². The number of imide groups is 1. The second-order valence-corrected chi connectivity index (χ2v) is 6.39. The number of carbonyl (C=O) groups excluding carboxylic acids is 2. The molecule has 2 aromatic carbocycles. The van der Waals surface area contributed by atoms with Crippen molar-refractivity contribution in [1.29, 1.82) is 0 Å². The summed E-state index contributed by atoms with van der Waals surface area (Å²) in [6.45, 7) is 2.57. The molecule has 1 aromatic heterocycles. The zero-order chi connectivity index (χ0) is 21.5. The largest absolute Gasteiger partial charge is 0.496 e. The fourth-order valence-electron chi connectivity index (χ4n) is 2.88. The van der Waals surface area contributed by atoms with Gasteiger partial charge in [0, 0.05) is 0 Å². The zero-order valence-corrected chi connectivity index (χ0v) is 17.1. The quantitative estimate of drug-likeness (QED) is 0.527. The molecule has 0 aliphatic heterocycles. The first-order valence-corrected chi connectivity index (χ1v) is 9.53. The number of tetrazole rings is 1. The Hall–Kier alpha value is -3.75. The van der Waals surface area contributed by atoms with Crippen molar-refractivity contribution in [2.75, 3.05) is 19.1 Å². The molecule has 0 unspecified atom stereocenters. The molecule has 1 heterocycles. The van der Waals surface area contributed by atoms with Gasteiger partial charge < -0.3 is 9.47 Å². The highest BCUT2D eigenvalue weighted by Crippen LogP contribution is 2.25. The Morgan fingerprint density at radius 1 is 0.933 bits per heavy atom. The SMILES string of the molecule is CCCCn1nnc(N(C(=O)c2ccccc2OC)C(=O)c2ccccc2OC)n1. The first kappa shape index (κ1) is 21.0. The van der Waals surface area contributed by atoms with Crippen molar-refractivity contribution in [2.24, 2.45) is 0 Å². The van der Waals surface area contributed by atoms with Gasteiger partial charge in [-0.15, -0.1) is 5.10 Å². The van der Waals surface area contributed by atoms with Crippen LogP contribution in [0.15, 0.2) is 48.5 Å². The molecule has 9 heteroatoms. The molecule has 0 fully saturated rings. The average Bonchev–Trinajstić information content (AvgIpc) is 3.25. The van der Waals surface area contributed by atoms with Crippen molar-refractivity contribution in [2.45, 2.75) is 26.3 Å². The Labute approximate surface area is 174 Å². The van der Waals surface area contributed by atoms with Crippen LogP contribution in [0, 0.1) is 0 Å². The van der Waals surface area contributed by atoms with Crippen LogP contribution in [-0.4, -0.2) is 46.2 Å². The minimum absolute atomic E-state index is 0.113. The van der Waals surface area contributed by atoms with Gasteiger partial charge in [0.2, 0.25) is 0 Å². The van der Waals surface area contributed by atoms with Gasteiger partial charge in [-0.05, 0) is 35.9 Å². The number of ether oxygens (including phenoxy) is 2. The van der Waals surface area contributed by atoms with Crippen LogP contribution < -0.4 is 14.4 Å². The van der Waals surface area contributed by atoms with Crippen LogP contribution in [0.5, 0.6) is 11.5 Å². The molecule has 156 valence electrons. The molecule has 3 rings (SSSR count). The standard InChI is InChI=1S/C21H23N5O4/c1-4-5-14-25-23-21(22-24-25)26(19(27)15-10-6-8-12-17(15)29-2)20(28)16-11-7-9-13-18(16)30-3/h6-13H,4-5,14H2,1-3H3. The molecule has 2 amide bonds. The van der Waals surface area contributed by atoms with Gasteiger partial charge in [0.25, 0.3) is 17.8 Å². The van der Waals surface area contributed by atoms with E-state index in [2.05, 4.69) is 15.4 Å². The van der Waals surface area contributed by atoms with E-state index in [9.17, 15) is 9.59 Å². The highest BCUT2D eigenvalue weighted by atomic mass is 16.5. The molecule has 0 bridgehead atoms. The third-order valence-electron chi connectivity index (χ3n) is 4.43. The lowest BCUT2D eigenvalue weighted by Gasteiger charge is -2.19. The number of aromatic nitrogens is 4. The molecule has 0 atom stereocenters. The van der Waals surface area contributed by atoms with E-state index >= 15 is 0 Å². The summed E-state index contributed by atoms with van der Waals surface area (Å²) in [7, 11) is 2.91. The van der Waals surface area contributed by atoms with Gasteiger partial charge in [0.05, 0.1) is 31.9 Å². The van der Waals surface area contributed by atoms with Crippen molar-refractivity contribution in [3.63, 3.8) is 0 Å². The van der Waals surface area contributed by atoms with Crippen LogP contribution >= 0.6 is 0 Å². The molecule has 0 saturated heterocycles. The van der Waals surface area contributed by atoms with E-state index in [4.69, 9.17) is 9.47 Å². The summed E-state index contributed by atoms with van der Waals surface area (Å²) in [5.41, 5.74) is 0.404. The second-order valence-electron chi connectivity index (χ2n) is 6.39. The minimum atomic E-state index is -0.626. The number of hydrogen-bond acceptors (Lipinski definition) is 7. The van der Waals surface area contributed by atoms with Gasteiger partial charge in [-0.3, -0.25) is 9.59 Å². The number of hydrogen-bond donors (Lipinski definition) is 0. The lowest BCUT2D eigenvalue weighted by Crippen LogP contribution is -2.38. The summed E-state index contributed by atoms with van der Waals surface area (Å²) in [4.78, 5) is 29.1. The molecule has 0 aliphatic carbocycles. The molecule has 30 heavy (non-hydrogen) atoms. The van der Waals surface area contributed by atoms with Crippen LogP contribution in [-0.2, 0) is 6.54 Å². The van der Waals surface area contributed by atoms with Crippen LogP contribution in [0.25, 0.3) is 0 Å². The number of unbranched alkanes of at least 4 members (excludes halogenated alkanes) is 1. The average molecular weight is 409 g/mol. The van der Waals surface area contributed by atoms with Gasteiger partial charge in [0.1, 0.15) is 11.5 Å². The van der Waals surface area contributed by atoms with E-state index < -0.39 is 11.8 Å². The van der Waals surface area contributed by atoms with Crippen molar-refractivity contribution in [3.05, 3.63) is 59.7 Å². The monoisotopic (exact) mass is 409 g/mol. The highest BCUT2D eigenvalue weighted by Gasteiger charge is 2.32. The molecule has 0 N–H and O–H groups in total. The first-order chi connectivity index (χ1) is 14.6. The highest BCUT2D eigenvalue weighted by molar-refractivity contribution is 6.26. The van der Waals surface area contributed by atoms with E-state index in [1.807, 2.05) is 6.92 Å². The maximum absolute atomic E-state index is 13.4. The van der Waals surface area contributed by atoms with E-state index in [1.165, 1.54) is 19.0 Å². The number of nitrogens with zero attached hydrogens (tertiary/aromatic N) is 5. The van der Waals surface area contributed by atoms with E-state index in [0.717, 1.165) is 17.7 Å². The van der Waals surface area contributed by atoms with E-state index in [-0.39, 0.29) is 17.1 Å². The number of para-hydroxylation sites is 2. The third-order valence-corrected chi connectivity index (χ3v) is 4.43. The topological polar surface area (TPSA) is 99.4 Å². The summed E-state index contributed by atoms with van der Waals surface area (Å²) in [6, 6.07) is 13.3. The summed E-state index contributed by atoms with van der Waals surface area (Å²) < 4.78 is 10.6. The summed E-state index contributed by atoms with van der Waals surface area (Å²) in [5.74, 6) is -0.702. The number of amides is 2. The summed E-state index contributed by atoms with van der Waals surface area (Å²) >= 11 is 0. The first-order valence-electron chi connectivity index (χ1n) is 9.53. The van der Waals surface area contributed by atoms with Crippen LogP contribution in [0.3, 0.4) is 0 Å². The Balaban J connectivity index is 2.08. The van der Waals surface area contributed by atoms with Crippen LogP contribution in [0.4, 0.5) is 5.95 Å². The van der Waals surface area contributed by atoms with E-state index in [1.54, 1.807) is 48.5 Å². The Bertz CT molecular complexity index is 974. The van der Waals surface area contributed by atoms with Crippen LogP contribution in [0.2, 0.25) is 0 Å². The van der Waals surface area contributed by atoms with Crippen molar-refractivity contribution in [1.82, 2.24) is 20.2 Å². The number of rotatable bonds is 8. The third kappa shape index (κ3) is 4.29. The molecule has 9 nitrogen and oxygen atoms in total. The predicted molar refractivity (Wildman–Crippen MR) is 110 cm³/mol. The Morgan fingerprint density at radius 2 is 1.47 bits per heavy atom. The number of anilines is 1. The molecular weight excluding hydrogens is 386 g/mol. The zero-order valence-electron chi connectivity index (χ0n) is 17.1. The lowest BCUT2D eigenvalue weighted by molar-refractivity contribution is 0.0892. The number of methoxy groups -OCH3 is 2. The normalized spacial score (nSPS) is 10.5. The summed E-state index contributed by atoms with van der Waals surface area (Å²) in [5, 5.41) is 12.2. The summed E-state index contributed by atoms with van der Waals surface area (Å²) in [6.07, 6.45) is 1.79. The Kier molecular flexibility index (Phi) is 6.74. The number of aryl methyl sites for hydroxylation is 1. The minimum Gasteiger partial charge on any atom is -0.496 e. The number of carbonyl (C=O) groups is 2. The smallest absolute Gasteiger partial charge is 0.280 e. The van der Waals surface area contributed by atoms with Crippen molar-refractivity contribution < 1.29 is 19.1 Å². The van der Waals surface area contributed by atoms with Crippen LogP contribution in [0.1, 0.15) is 40.5 Å². The van der Waals surface area contributed by atoms with Gasteiger partial charge in [-0.25, -0.2) is 4.90 Å². The molecule has 0 aliphatic rings. The molecule has 0 radical (unpaired) electrons. The van der Waals surface area contributed by atoms with Gasteiger partial charge >= 0.3 is 0 Å². The fourth-order valence-corrected chi connectivity index (χ4v) is 2.88. The van der Waals surface area contributed by atoms with Crippen molar-refractivity contribution in [3.8, 4) is 11.5 Å². The predicted octanol–water partition coefficient (Wildman–Crippen LogP) is 2.98. The van der Waals surface area contributed by atoms with Gasteiger partial charge in [0.15, 0.2) is 0 Å². The number of benzene rings is 2. The fraction of sp³-hybridized carbons (Fsp3) is 0.286. The molecular formula is C21H23N5O4. The molecule has 0 saturated carbocycles. The Morgan fingerprint density at radius 3 is 1.97 bits per heavy atom. The van der Waals surface area contributed by atoms with Gasteiger partial charge in [-0.1, -0.05) is 42.7 Å². The maximum Gasteiger partial charge on any atom is 0.280 e. The van der Waals surface area contributed by atoms with Gasteiger partial charge in [-0.2, -0.15) is 4.80 Å². The second kappa shape index (κ2) is 9.64. The molecule has 0 spiro atoms. The van der Waals surface area contributed by atoms with Crippen molar-refractivity contribution >= 4 is 17.8 Å². The molecule has 3 aromatic rings. The lowest BCUT2D eigenvalue weighted by atomic mass is 10.1.